The molecule has 1 heterocycles. The second-order valence-electron chi connectivity index (χ2n) is 6.43. The van der Waals surface area contributed by atoms with Crippen LogP contribution in [-0.4, -0.2) is 43.3 Å². The molecule has 1 saturated heterocycles. The van der Waals surface area contributed by atoms with Crippen molar-refractivity contribution in [3.8, 4) is 0 Å². The molecule has 2 fully saturated rings. The van der Waals surface area contributed by atoms with E-state index >= 15 is 0 Å². The van der Waals surface area contributed by atoms with Gasteiger partial charge in [0.05, 0.1) is 18.8 Å². The van der Waals surface area contributed by atoms with Crippen LogP contribution in [0.1, 0.15) is 46.0 Å². The quantitative estimate of drug-likeness (QED) is 0.590. The Morgan fingerprint density at radius 3 is 2.95 bits per heavy atom. The van der Waals surface area contributed by atoms with Gasteiger partial charge in [0.15, 0.2) is 0 Å². The zero-order chi connectivity index (χ0) is 13.7. The molecule has 19 heavy (non-hydrogen) atoms. The van der Waals surface area contributed by atoms with Gasteiger partial charge in [-0.3, -0.25) is 16.2 Å². The number of morpholine rings is 1. The highest BCUT2D eigenvalue weighted by Crippen LogP contribution is 2.32. The average molecular weight is 269 g/mol. The minimum atomic E-state index is 0.264. The Hall–Kier alpha value is -0.160. The van der Waals surface area contributed by atoms with Crippen molar-refractivity contribution >= 4 is 0 Å². The van der Waals surface area contributed by atoms with Crippen LogP contribution in [0.2, 0.25) is 0 Å². The number of ether oxygens (including phenoxy) is 1. The molecule has 1 aliphatic heterocycles. The second-order valence-corrected chi connectivity index (χ2v) is 6.43. The highest BCUT2D eigenvalue weighted by molar-refractivity contribution is 4.89. The average Bonchev–Trinajstić information content (AvgIpc) is 2.41. The summed E-state index contributed by atoms with van der Waals surface area (Å²) in [6.07, 6.45) is 6.79. The maximum Gasteiger partial charge on any atom is 0.0871 e. The molecule has 0 amide bonds. The predicted octanol–water partition coefficient (Wildman–Crippen LogP) is 1.76. The number of nitrogens with two attached hydrogens (primary N) is 1. The molecule has 0 aromatic rings. The maximum atomic E-state index is 6.01. The van der Waals surface area contributed by atoms with Crippen molar-refractivity contribution in [3.05, 3.63) is 0 Å². The van der Waals surface area contributed by atoms with E-state index in [1.807, 2.05) is 0 Å². The van der Waals surface area contributed by atoms with E-state index in [9.17, 15) is 0 Å². The van der Waals surface area contributed by atoms with Crippen LogP contribution in [0.3, 0.4) is 0 Å². The summed E-state index contributed by atoms with van der Waals surface area (Å²) in [4.78, 5) is 2.52. The molecule has 4 atom stereocenters. The SMILES string of the molecule is CCCN1CCOC(C(NN)C2CCCC(C)C2)C1. The second kappa shape index (κ2) is 7.58. The molecular formula is C15H31N3O. The molecule has 112 valence electrons. The molecule has 3 N–H and O–H groups in total. The molecule has 2 rings (SSSR count). The van der Waals surface area contributed by atoms with E-state index in [4.69, 9.17) is 10.6 Å². The van der Waals surface area contributed by atoms with E-state index < -0.39 is 0 Å². The van der Waals surface area contributed by atoms with E-state index in [0.29, 0.717) is 12.0 Å². The number of hydrogen-bond donors (Lipinski definition) is 2. The lowest BCUT2D eigenvalue weighted by Gasteiger charge is -2.41. The normalized spacial score (nSPS) is 35.2. The van der Waals surface area contributed by atoms with Crippen LogP contribution < -0.4 is 11.3 Å². The highest BCUT2D eigenvalue weighted by atomic mass is 16.5. The molecular weight excluding hydrogens is 238 g/mol. The van der Waals surface area contributed by atoms with Crippen LogP contribution in [-0.2, 0) is 4.74 Å². The largest absolute Gasteiger partial charge is 0.374 e. The van der Waals surface area contributed by atoms with Crippen molar-refractivity contribution in [3.63, 3.8) is 0 Å². The van der Waals surface area contributed by atoms with Gasteiger partial charge < -0.3 is 4.74 Å². The Balaban J connectivity index is 1.92. The molecule has 4 nitrogen and oxygen atoms in total. The summed E-state index contributed by atoms with van der Waals surface area (Å²) in [7, 11) is 0. The van der Waals surface area contributed by atoms with Crippen molar-refractivity contribution in [2.24, 2.45) is 17.7 Å². The van der Waals surface area contributed by atoms with Crippen molar-refractivity contribution in [2.75, 3.05) is 26.2 Å². The molecule has 0 spiro atoms. The summed E-state index contributed by atoms with van der Waals surface area (Å²) in [5.74, 6) is 7.37. The van der Waals surface area contributed by atoms with Gasteiger partial charge in [-0.15, -0.1) is 0 Å². The van der Waals surface area contributed by atoms with Gasteiger partial charge in [-0.1, -0.05) is 26.7 Å². The highest BCUT2D eigenvalue weighted by Gasteiger charge is 2.34. The summed E-state index contributed by atoms with van der Waals surface area (Å²) in [6.45, 7) is 8.75. The van der Waals surface area contributed by atoms with Crippen LogP contribution in [0.25, 0.3) is 0 Å². The summed E-state index contributed by atoms with van der Waals surface area (Å²) < 4.78 is 6.01. The Morgan fingerprint density at radius 2 is 2.26 bits per heavy atom. The monoisotopic (exact) mass is 269 g/mol. The number of hydrazine groups is 1. The predicted molar refractivity (Wildman–Crippen MR) is 78.7 cm³/mol. The van der Waals surface area contributed by atoms with E-state index in [-0.39, 0.29) is 6.10 Å². The minimum absolute atomic E-state index is 0.264. The summed E-state index contributed by atoms with van der Waals surface area (Å²) >= 11 is 0. The van der Waals surface area contributed by atoms with Crippen molar-refractivity contribution < 1.29 is 4.74 Å². The molecule has 2 aliphatic rings. The van der Waals surface area contributed by atoms with E-state index in [1.165, 1.54) is 38.6 Å². The number of nitrogens with zero attached hydrogens (tertiary/aromatic N) is 1. The van der Waals surface area contributed by atoms with Gasteiger partial charge >= 0.3 is 0 Å². The summed E-state index contributed by atoms with van der Waals surface area (Å²) in [5, 5.41) is 0. The lowest BCUT2D eigenvalue weighted by atomic mass is 9.77. The first-order chi connectivity index (χ1) is 9.24. The fourth-order valence-electron chi connectivity index (χ4n) is 3.82. The van der Waals surface area contributed by atoms with Crippen LogP contribution in [0.5, 0.6) is 0 Å². The Bertz CT molecular complexity index is 260. The Morgan fingerprint density at radius 1 is 1.42 bits per heavy atom. The third-order valence-electron chi connectivity index (χ3n) is 4.80. The smallest absolute Gasteiger partial charge is 0.0871 e. The van der Waals surface area contributed by atoms with Gasteiger partial charge in [-0.2, -0.15) is 0 Å². The third kappa shape index (κ3) is 4.15. The fraction of sp³-hybridized carbons (Fsp3) is 1.00. The zero-order valence-electron chi connectivity index (χ0n) is 12.6. The first kappa shape index (κ1) is 15.2. The molecule has 0 radical (unpaired) electrons. The molecule has 0 aromatic carbocycles. The van der Waals surface area contributed by atoms with Gasteiger partial charge in [-0.05, 0) is 37.6 Å². The first-order valence-electron chi connectivity index (χ1n) is 8.04. The first-order valence-corrected chi connectivity index (χ1v) is 8.04. The van der Waals surface area contributed by atoms with E-state index in [1.54, 1.807) is 0 Å². The summed E-state index contributed by atoms with van der Waals surface area (Å²) in [5.41, 5.74) is 3.07. The van der Waals surface area contributed by atoms with Gasteiger partial charge in [0.25, 0.3) is 0 Å². The summed E-state index contributed by atoms with van der Waals surface area (Å²) in [6, 6.07) is 0.322. The van der Waals surface area contributed by atoms with Gasteiger partial charge in [-0.25, -0.2) is 0 Å². The Labute approximate surface area is 118 Å². The molecule has 0 bridgehead atoms. The number of rotatable bonds is 5. The molecule has 1 saturated carbocycles. The van der Waals surface area contributed by atoms with Crippen LogP contribution in [0, 0.1) is 11.8 Å². The van der Waals surface area contributed by atoms with E-state index in [2.05, 4.69) is 24.2 Å². The van der Waals surface area contributed by atoms with Gasteiger partial charge in [0.1, 0.15) is 0 Å². The molecule has 4 unspecified atom stereocenters. The molecule has 1 aliphatic carbocycles. The van der Waals surface area contributed by atoms with Crippen LogP contribution in [0.4, 0.5) is 0 Å². The van der Waals surface area contributed by atoms with Crippen LogP contribution in [0.15, 0.2) is 0 Å². The minimum Gasteiger partial charge on any atom is -0.374 e. The maximum absolute atomic E-state index is 6.01. The lowest BCUT2D eigenvalue weighted by molar-refractivity contribution is -0.0608. The topological polar surface area (TPSA) is 50.5 Å². The molecule has 4 heteroatoms. The fourth-order valence-corrected chi connectivity index (χ4v) is 3.82. The van der Waals surface area contributed by atoms with Gasteiger partial charge in [0.2, 0.25) is 0 Å². The lowest BCUT2D eigenvalue weighted by Crippen LogP contribution is -2.57. The van der Waals surface area contributed by atoms with Crippen molar-refractivity contribution in [1.82, 2.24) is 10.3 Å². The third-order valence-corrected chi connectivity index (χ3v) is 4.80. The number of nitrogens with one attached hydrogen (secondary N) is 1. The zero-order valence-corrected chi connectivity index (χ0v) is 12.6. The Kier molecular flexibility index (Phi) is 6.07. The van der Waals surface area contributed by atoms with Crippen molar-refractivity contribution in [2.45, 2.75) is 58.1 Å². The van der Waals surface area contributed by atoms with Gasteiger partial charge in [0, 0.05) is 13.1 Å². The van der Waals surface area contributed by atoms with Crippen LogP contribution >= 0.6 is 0 Å². The number of hydrogen-bond acceptors (Lipinski definition) is 4. The van der Waals surface area contributed by atoms with Crippen molar-refractivity contribution in [1.29, 1.82) is 0 Å². The van der Waals surface area contributed by atoms with E-state index in [0.717, 1.165) is 25.6 Å². The standard InChI is InChI=1S/C15H31N3O/c1-3-7-18-8-9-19-14(11-18)15(17-16)13-6-4-5-12(2)10-13/h12-15,17H,3-11,16H2,1-2H3. The molecule has 0 aromatic heterocycles.